The maximum Gasteiger partial charge on any atom is 0.243 e. The molecule has 0 fully saturated rings. The summed E-state index contributed by atoms with van der Waals surface area (Å²) in [6.45, 7) is 2.62. The summed E-state index contributed by atoms with van der Waals surface area (Å²) in [7, 11) is 0. The van der Waals surface area contributed by atoms with Crippen LogP contribution in [-0.4, -0.2) is 141 Å². The Morgan fingerprint density at radius 1 is 0.622 bits per heavy atom. The first kappa shape index (κ1) is 59.0. The Kier molecular flexibility index (Phi) is 24.2. The van der Waals surface area contributed by atoms with Crippen LogP contribution >= 0.6 is 25.3 Å². The van der Waals surface area contributed by atoms with Crippen molar-refractivity contribution in [1.29, 1.82) is 0 Å². The van der Waals surface area contributed by atoms with Gasteiger partial charge in [-0.2, -0.15) is 25.3 Å². The van der Waals surface area contributed by atoms with Gasteiger partial charge in [-0.3, -0.25) is 48.1 Å². The van der Waals surface area contributed by atoms with Crippen LogP contribution in [0.1, 0.15) is 62.8 Å². The molecule has 24 nitrogen and oxygen atoms in total. The van der Waals surface area contributed by atoms with E-state index < -0.39 is 102 Å². The van der Waals surface area contributed by atoms with Crippen LogP contribution in [0.15, 0.2) is 78.3 Å². The van der Waals surface area contributed by atoms with Crippen LogP contribution in [0.25, 0.3) is 10.9 Å². The van der Waals surface area contributed by atoms with E-state index in [0.29, 0.717) is 29.7 Å². The summed E-state index contributed by atoms with van der Waals surface area (Å²) in [5.74, 6) is -7.14. The van der Waals surface area contributed by atoms with Crippen molar-refractivity contribution in [3.05, 3.63) is 90.1 Å². The second-order valence-electron chi connectivity index (χ2n) is 17.3. The molecule has 400 valence electrons. The number of aromatic amines is 2. The highest BCUT2D eigenvalue weighted by molar-refractivity contribution is 7.80. The molecule has 4 rings (SSSR count). The molecule has 0 spiro atoms. The van der Waals surface area contributed by atoms with E-state index in [4.69, 9.17) is 17.2 Å². The van der Waals surface area contributed by atoms with Crippen molar-refractivity contribution in [2.45, 2.75) is 108 Å². The van der Waals surface area contributed by atoms with E-state index in [9.17, 15) is 43.2 Å². The van der Waals surface area contributed by atoms with E-state index >= 15 is 0 Å². The van der Waals surface area contributed by atoms with Crippen molar-refractivity contribution in [1.82, 2.24) is 57.5 Å². The Morgan fingerprint density at radius 2 is 1.18 bits per heavy atom. The number of aromatic nitrogens is 3. The lowest BCUT2D eigenvalue weighted by molar-refractivity contribution is -0.135. The molecule has 0 aliphatic rings. The number of carbonyl (C=O) groups excluding carboxylic acids is 9. The second kappa shape index (κ2) is 30.4. The number of H-pyrrole nitrogens is 2. The smallest absolute Gasteiger partial charge is 0.243 e. The zero-order chi connectivity index (χ0) is 54.2. The minimum absolute atomic E-state index is 0.0556. The van der Waals surface area contributed by atoms with Crippen LogP contribution in [0.4, 0.5) is 0 Å². The minimum Gasteiger partial charge on any atom is -0.370 e. The molecule has 0 saturated carbocycles. The SMILES string of the molecule is CCCC[C@H](NC(C)=O)C(=O)N[C@H](CS)C(=O)NCC(=O)N[C@@H](Cc1cnc[nH]1)C(=O)N[C@H](Cc1ccccc1)C(=O)N[C@@H](CCCN=C(N)N)C(=O)N[C@@H](Cc1c[nH]c2ccccc12)C(=O)N[C@H](CS)C(N)=O. The zero-order valence-electron chi connectivity index (χ0n) is 41.2. The Balaban J connectivity index is 1.58. The molecule has 9 amide bonds. The zero-order valence-corrected chi connectivity index (χ0v) is 42.9. The molecule has 7 atom stereocenters. The number of thiol groups is 2. The molecule has 2 aromatic heterocycles. The molecule has 74 heavy (non-hydrogen) atoms. The monoisotopic (exact) mass is 1060 g/mol. The fourth-order valence-electron chi connectivity index (χ4n) is 7.61. The van der Waals surface area contributed by atoms with Gasteiger partial charge >= 0.3 is 0 Å². The number of unbranched alkanes of at least 4 members (excludes halogenated alkanes) is 1. The van der Waals surface area contributed by atoms with Crippen LogP contribution in [0.5, 0.6) is 0 Å². The maximum absolute atomic E-state index is 14.6. The van der Waals surface area contributed by atoms with Gasteiger partial charge in [0.05, 0.1) is 12.9 Å². The molecule has 26 heteroatoms. The minimum atomic E-state index is -1.38. The number of benzene rings is 2. The van der Waals surface area contributed by atoms with E-state index in [1.165, 1.54) is 19.4 Å². The number of hydrogen-bond acceptors (Lipinski definition) is 13. The summed E-state index contributed by atoms with van der Waals surface area (Å²) in [4.78, 5) is 135. The first-order valence-corrected chi connectivity index (χ1v) is 25.2. The van der Waals surface area contributed by atoms with Crippen molar-refractivity contribution in [2.75, 3.05) is 24.6 Å². The number of nitrogens with zero attached hydrogens (tertiary/aromatic N) is 2. The molecular weight excluding hydrogens is 995 g/mol. The number of nitrogens with one attached hydrogen (secondary N) is 10. The fraction of sp³-hybridized carbons (Fsp3) is 0.438. The standard InChI is InChI=1S/C48H67N15O9S2/c1-3-4-14-33(57-27(2)64)43(68)63-39(25-74)42(67)55-23-40(65)58-37(20-30-22-52-26-56-30)47(72)60-35(18-28-11-6-5-7-12-28)45(70)59-34(16-10-17-53-48(50)51)44(69)61-36(46(71)62-38(24-73)41(49)66)19-29-21-54-32-15-9-8-13-31(29)32/h5-9,11-13,15,21-22,26,33-39,54,73-74H,3-4,10,14,16-20,23-25H2,1-2H3,(H2,49,66)(H,52,56)(H,55,67)(H,57,64)(H,58,65)(H,59,70)(H,60,72)(H,61,69)(H,62,71)(H,63,68)(H4,50,51,53)/t33-,34-,35+,36-,37-,38+,39+/m0/s1. The largest absolute Gasteiger partial charge is 0.370 e. The molecule has 16 N–H and O–H groups in total. The van der Waals surface area contributed by atoms with Gasteiger partial charge in [-0.25, -0.2) is 4.98 Å². The second-order valence-corrected chi connectivity index (χ2v) is 18.0. The average molecular weight is 1060 g/mol. The van der Waals surface area contributed by atoms with Gasteiger partial charge in [0.25, 0.3) is 0 Å². The van der Waals surface area contributed by atoms with Gasteiger partial charge in [0, 0.05) is 73.2 Å². The van der Waals surface area contributed by atoms with E-state index in [1.54, 1.807) is 36.5 Å². The van der Waals surface area contributed by atoms with Gasteiger partial charge in [0.15, 0.2) is 5.96 Å². The lowest BCUT2D eigenvalue weighted by atomic mass is 10.0. The van der Waals surface area contributed by atoms with E-state index in [1.807, 2.05) is 31.2 Å². The molecule has 2 heterocycles. The first-order valence-electron chi connectivity index (χ1n) is 23.9. The Hall–Kier alpha value is -7.61. The summed E-state index contributed by atoms with van der Waals surface area (Å²) in [6.07, 6.45) is 6.03. The van der Waals surface area contributed by atoms with Crippen molar-refractivity contribution in [3.8, 4) is 0 Å². The highest BCUT2D eigenvalue weighted by Gasteiger charge is 2.34. The fourth-order valence-corrected chi connectivity index (χ4v) is 8.14. The number of imidazole rings is 1. The Labute approximate surface area is 438 Å². The van der Waals surface area contributed by atoms with Crippen molar-refractivity contribution < 1.29 is 43.2 Å². The lowest BCUT2D eigenvalue weighted by Crippen LogP contribution is -2.60. The molecule has 0 aliphatic heterocycles. The molecule has 0 unspecified atom stereocenters. The summed E-state index contributed by atoms with van der Waals surface area (Å²) >= 11 is 8.34. The molecule has 0 radical (unpaired) electrons. The van der Waals surface area contributed by atoms with Crippen molar-refractivity contribution in [2.24, 2.45) is 22.2 Å². The maximum atomic E-state index is 14.6. The number of guanidine groups is 1. The summed E-state index contributed by atoms with van der Waals surface area (Å²) in [5, 5.41) is 21.7. The molecule has 0 saturated heterocycles. The van der Waals surface area contributed by atoms with Crippen LogP contribution in [-0.2, 0) is 62.4 Å². The number of amides is 9. The van der Waals surface area contributed by atoms with Crippen LogP contribution < -0.4 is 59.7 Å². The molecular formula is C48H67N15O9S2. The number of carbonyl (C=O) groups is 9. The average Bonchev–Trinajstić information content (AvgIpc) is 4.05. The topological polar surface area (TPSA) is 385 Å². The third-order valence-corrected chi connectivity index (χ3v) is 12.2. The number of primary amides is 1. The van der Waals surface area contributed by atoms with Crippen LogP contribution in [0.2, 0.25) is 0 Å². The number of nitrogens with two attached hydrogens (primary N) is 3. The number of fused-ring (bicyclic) bond motifs is 1. The molecule has 0 bridgehead atoms. The summed E-state index contributed by atoms with van der Waals surface area (Å²) in [6, 6.07) is 7.30. The van der Waals surface area contributed by atoms with Gasteiger partial charge < -0.3 is 69.7 Å². The van der Waals surface area contributed by atoms with Crippen molar-refractivity contribution >= 4 is 95.3 Å². The molecule has 4 aromatic rings. The summed E-state index contributed by atoms with van der Waals surface area (Å²) < 4.78 is 0. The van der Waals surface area contributed by atoms with Gasteiger partial charge in [-0.15, -0.1) is 0 Å². The van der Waals surface area contributed by atoms with E-state index in [2.05, 4.69) is 87.7 Å². The highest BCUT2D eigenvalue weighted by atomic mass is 32.1. The Morgan fingerprint density at radius 3 is 1.77 bits per heavy atom. The molecule has 0 aliphatic carbocycles. The first-order chi connectivity index (χ1) is 35.4. The van der Waals surface area contributed by atoms with Crippen LogP contribution in [0, 0.1) is 0 Å². The number of rotatable bonds is 31. The summed E-state index contributed by atoms with van der Waals surface area (Å²) in [5.41, 5.74) is 19.1. The quantitative estimate of drug-likeness (QED) is 0.0113. The highest BCUT2D eigenvalue weighted by Crippen LogP contribution is 2.20. The van der Waals surface area contributed by atoms with Crippen LogP contribution in [0.3, 0.4) is 0 Å². The lowest BCUT2D eigenvalue weighted by Gasteiger charge is -2.27. The normalized spacial score (nSPS) is 13.8. The molecule has 2 aromatic carbocycles. The van der Waals surface area contributed by atoms with Gasteiger partial charge in [0.2, 0.25) is 53.2 Å². The third kappa shape index (κ3) is 19.4. The van der Waals surface area contributed by atoms with Crippen molar-refractivity contribution in [3.63, 3.8) is 0 Å². The third-order valence-electron chi connectivity index (χ3n) is 11.5. The van der Waals surface area contributed by atoms with Gasteiger partial charge in [0.1, 0.15) is 42.3 Å². The number of aliphatic imine (C=N–C) groups is 1. The number of hydrogen-bond donors (Lipinski definition) is 15. The van der Waals surface area contributed by atoms with E-state index in [-0.39, 0.29) is 56.1 Å². The van der Waals surface area contributed by atoms with Gasteiger partial charge in [-0.05, 0) is 36.5 Å². The Bertz CT molecular complexity index is 2560. The predicted molar refractivity (Wildman–Crippen MR) is 283 cm³/mol. The predicted octanol–water partition coefficient (Wildman–Crippen LogP) is -1.96. The van der Waals surface area contributed by atoms with Gasteiger partial charge in [-0.1, -0.05) is 68.3 Å². The number of para-hydroxylation sites is 1. The van der Waals surface area contributed by atoms with E-state index in [0.717, 1.165) is 17.3 Å².